The number of carboxylic acids is 1. The van der Waals surface area contributed by atoms with Gasteiger partial charge in [-0.3, -0.25) is 0 Å². The summed E-state index contributed by atoms with van der Waals surface area (Å²) in [7, 11) is 0. The first kappa shape index (κ1) is 10.7. The van der Waals surface area contributed by atoms with Crippen molar-refractivity contribution in [3.8, 4) is 0 Å². The number of aliphatic carboxylic acids is 1. The van der Waals surface area contributed by atoms with Gasteiger partial charge in [0, 0.05) is 0 Å². The van der Waals surface area contributed by atoms with Crippen molar-refractivity contribution in [2.75, 3.05) is 0 Å². The molecule has 0 spiro atoms. The molecular weight excluding hydrogens is 180 g/mol. The van der Waals surface area contributed by atoms with Crippen molar-refractivity contribution in [1.82, 2.24) is 0 Å². The van der Waals surface area contributed by atoms with Crippen molar-refractivity contribution in [3.63, 3.8) is 0 Å². The van der Waals surface area contributed by atoms with Crippen molar-refractivity contribution in [3.05, 3.63) is 34.9 Å². The number of hydrogen-bond donors (Lipinski definition) is 2. The van der Waals surface area contributed by atoms with Gasteiger partial charge in [0.05, 0.1) is 0 Å². The Morgan fingerprint density at radius 3 is 2.43 bits per heavy atom. The van der Waals surface area contributed by atoms with Gasteiger partial charge in [0.15, 0.2) is 5.60 Å². The normalized spacial score (nSPS) is 14.9. The van der Waals surface area contributed by atoms with E-state index < -0.39 is 11.6 Å². The van der Waals surface area contributed by atoms with Gasteiger partial charge in [-0.15, -0.1) is 0 Å². The molecule has 1 atom stereocenters. The van der Waals surface area contributed by atoms with Crippen LogP contribution in [-0.4, -0.2) is 16.2 Å². The Bertz CT molecular complexity index is 367. The highest BCUT2D eigenvalue weighted by Gasteiger charge is 2.33. The van der Waals surface area contributed by atoms with Crippen molar-refractivity contribution in [2.45, 2.75) is 26.4 Å². The van der Waals surface area contributed by atoms with Gasteiger partial charge in [-0.1, -0.05) is 18.2 Å². The van der Waals surface area contributed by atoms with E-state index in [0.29, 0.717) is 5.56 Å². The van der Waals surface area contributed by atoms with Gasteiger partial charge in [0.2, 0.25) is 0 Å². The average Bonchev–Trinajstić information content (AvgIpc) is 2.09. The molecule has 3 heteroatoms. The fourth-order valence-corrected chi connectivity index (χ4v) is 1.39. The average molecular weight is 194 g/mol. The Morgan fingerprint density at radius 1 is 1.36 bits per heavy atom. The third-order valence-electron chi connectivity index (χ3n) is 2.55. The predicted octanol–water partition coefficient (Wildman–Crippen LogP) is 1.60. The van der Waals surface area contributed by atoms with Crippen molar-refractivity contribution in [1.29, 1.82) is 0 Å². The molecule has 1 aromatic carbocycles. The molecule has 0 aliphatic carbocycles. The number of aryl methyl sites for hydroxylation is 1. The summed E-state index contributed by atoms with van der Waals surface area (Å²) < 4.78 is 0. The first-order valence-corrected chi connectivity index (χ1v) is 4.40. The predicted molar refractivity (Wildman–Crippen MR) is 53.1 cm³/mol. The second-order valence-electron chi connectivity index (χ2n) is 3.62. The summed E-state index contributed by atoms with van der Waals surface area (Å²) >= 11 is 0. The van der Waals surface area contributed by atoms with Gasteiger partial charge in [-0.25, -0.2) is 4.79 Å². The van der Waals surface area contributed by atoms with E-state index in [1.165, 1.54) is 6.92 Å². The lowest BCUT2D eigenvalue weighted by molar-refractivity contribution is -0.157. The van der Waals surface area contributed by atoms with E-state index in [4.69, 9.17) is 5.11 Å². The van der Waals surface area contributed by atoms with Crippen LogP contribution in [0.5, 0.6) is 0 Å². The number of benzene rings is 1. The second-order valence-corrected chi connectivity index (χ2v) is 3.62. The number of hydrogen-bond acceptors (Lipinski definition) is 2. The fourth-order valence-electron chi connectivity index (χ4n) is 1.39. The lowest BCUT2D eigenvalue weighted by Crippen LogP contribution is -2.32. The summed E-state index contributed by atoms with van der Waals surface area (Å²) in [5, 5.41) is 18.6. The van der Waals surface area contributed by atoms with Gasteiger partial charge in [0.1, 0.15) is 0 Å². The van der Waals surface area contributed by atoms with Crippen LogP contribution in [0.4, 0.5) is 0 Å². The Labute approximate surface area is 83.0 Å². The van der Waals surface area contributed by atoms with Gasteiger partial charge < -0.3 is 10.2 Å². The summed E-state index contributed by atoms with van der Waals surface area (Å²) in [6.45, 7) is 4.98. The van der Waals surface area contributed by atoms with Gasteiger partial charge in [0.25, 0.3) is 0 Å². The van der Waals surface area contributed by atoms with Crippen LogP contribution in [0.15, 0.2) is 18.2 Å². The molecule has 0 radical (unpaired) electrons. The first-order valence-electron chi connectivity index (χ1n) is 4.40. The topological polar surface area (TPSA) is 57.5 Å². The van der Waals surface area contributed by atoms with Crippen molar-refractivity contribution >= 4 is 5.97 Å². The van der Waals surface area contributed by atoms with Crippen LogP contribution in [-0.2, 0) is 10.4 Å². The third kappa shape index (κ3) is 1.63. The molecule has 0 aromatic heterocycles. The third-order valence-corrected chi connectivity index (χ3v) is 2.55. The zero-order chi connectivity index (χ0) is 10.9. The van der Waals surface area contributed by atoms with Gasteiger partial charge in [-0.2, -0.15) is 0 Å². The first-order chi connectivity index (χ1) is 6.37. The van der Waals surface area contributed by atoms with E-state index in [1.807, 2.05) is 19.9 Å². The van der Waals surface area contributed by atoms with E-state index in [0.717, 1.165) is 11.1 Å². The van der Waals surface area contributed by atoms with Crippen molar-refractivity contribution < 1.29 is 15.0 Å². The van der Waals surface area contributed by atoms with Crippen LogP contribution in [0, 0.1) is 13.8 Å². The van der Waals surface area contributed by atoms with Gasteiger partial charge >= 0.3 is 5.97 Å². The monoisotopic (exact) mass is 194 g/mol. The molecule has 1 rings (SSSR count). The molecule has 1 aromatic rings. The lowest BCUT2D eigenvalue weighted by atomic mass is 9.90. The van der Waals surface area contributed by atoms with Crippen LogP contribution < -0.4 is 0 Å². The molecule has 76 valence electrons. The molecule has 0 aliphatic heterocycles. The summed E-state index contributed by atoms with van der Waals surface area (Å²) in [6, 6.07) is 5.27. The second kappa shape index (κ2) is 3.42. The van der Waals surface area contributed by atoms with E-state index in [9.17, 15) is 9.90 Å². The summed E-state index contributed by atoms with van der Waals surface area (Å²) in [5.74, 6) is -1.23. The number of carbonyl (C=O) groups is 1. The highest BCUT2D eigenvalue weighted by molar-refractivity contribution is 5.79. The van der Waals surface area contributed by atoms with E-state index >= 15 is 0 Å². The fraction of sp³-hybridized carbons (Fsp3) is 0.364. The molecule has 0 aliphatic rings. The highest BCUT2D eigenvalue weighted by Crippen LogP contribution is 2.25. The molecule has 3 nitrogen and oxygen atoms in total. The molecule has 0 amide bonds. The number of rotatable bonds is 2. The van der Waals surface area contributed by atoms with Crippen LogP contribution in [0.25, 0.3) is 0 Å². The smallest absolute Gasteiger partial charge is 0.340 e. The maximum atomic E-state index is 10.8. The summed E-state index contributed by atoms with van der Waals surface area (Å²) in [6.07, 6.45) is 0. The number of aliphatic hydroxyl groups is 1. The molecular formula is C11H14O3. The zero-order valence-electron chi connectivity index (χ0n) is 8.53. The molecule has 0 bridgehead atoms. The molecule has 1 unspecified atom stereocenters. The quantitative estimate of drug-likeness (QED) is 0.751. The number of carboxylic acid groups (broad SMARTS) is 1. The van der Waals surface area contributed by atoms with Crippen LogP contribution in [0.3, 0.4) is 0 Å². The SMILES string of the molecule is Cc1cccc(C(C)(O)C(=O)O)c1C. The molecule has 0 saturated heterocycles. The van der Waals surface area contributed by atoms with Gasteiger partial charge in [-0.05, 0) is 37.5 Å². The molecule has 0 fully saturated rings. The molecule has 0 heterocycles. The van der Waals surface area contributed by atoms with Crippen LogP contribution >= 0.6 is 0 Å². The van der Waals surface area contributed by atoms with E-state index in [-0.39, 0.29) is 0 Å². The summed E-state index contributed by atoms with van der Waals surface area (Å²) in [4.78, 5) is 10.8. The molecule has 14 heavy (non-hydrogen) atoms. The molecule has 2 N–H and O–H groups in total. The van der Waals surface area contributed by atoms with E-state index in [1.54, 1.807) is 12.1 Å². The molecule has 0 saturated carbocycles. The Balaban J connectivity index is 3.33. The van der Waals surface area contributed by atoms with Crippen LogP contribution in [0.2, 0.25) is 0 Å². The Hall–Kier alpha value is -1.35. The Kier molecular flexibility index (Phi) is 2.62. The van der Waals surface area contributed by atoms with Crippen molar-refractivity contribution in [2.24, 2.45) is 0 Å². The van der Waals surface area contributed by atoms with E-state index in [2.05, 4.69) is 0 Å². The lowest BCUT2D eigenvalue weighted by Gasteiger charge is -2.21. The maximum absolute atomic E-state index is 10.8. The minimum atomic E-state index is -1.81. The standard InChI is InChI=1S/C11H14O3/c1-7-5-4-6-9(8(7)2)11(3,14)10(12)13/h4-6,14H,1-3H3,(H,12,13). The largest absolute Gasteiger partial charge is 0.479 e. The minimum absolute atomic E-state index is 0.449. The minimum Gasteiger partial charge on any atom is -0.479 e. The maximum Gasteiger partial charge on any atom is 0.340 e. The van der Waals surface area contributed by atoms with Crippen LogP contribution in [0.1, 0.15) is 23.6 Å². The Morgan fingerprint density at radius 2 is 1.93 bits per heavy atom. The summed E-state index contributed by atoms with van der Waals surface area (Å²) in [5.41, 5.74) is 0.435. The zero-order valence-corrected chi connectivity index (χ0v) is 8.53. The highest BCUT2D eigenvalue weighted by atomic mass is 16.4.